The normalized spacial score (nSPS) is 23.8. The fourth-order valence-electron chi connectivity index (χ4n) is 3.49. The van der Waals surface area contributed by atoms with Crippen molar-refractivity contribution in [2.75, 3.05) is 33.3 Å². The standard InChI is InChI=1S/C16H23ClN2O2/c1-21-15-9-12(8-14(17)16(15)20)10-18-7-4-13(11-18)19-5-2-3-6-19/h8-9,13,20H,2-7,10-11H2,1H3. The molecule has 1 atom stereocenters. The van der Waals surface area contributed by atoms with Crippen LogP contribution in [-0.4, -0.2) is 54.2 Å². The van der Waals surface area contributed by atoms with Crippen molar-refractivity contribution in [3.63, 3.8) is 0 Å². The summed E-state index contributed by atoms with van der Waals surface area (Å²) in [5.74, 6) is 0.479. The summed E-state index contributed by atoms with van der Waals surface area (Å²) < 4.78 is 5.17. The molecule has 2 aliphatic rings. The summed E-state index contributed by atoms with van der Waals surface area (Å²) in [4.78, 5) is 5.09. The molecule has 21 heavy (non-hydrogen) atoms. The van der Waals surface area contributed by atoms with Crippen LogP contribution in [0.3, 0.4) is 0 Å². The Balaban J connectivity index is 1.63. The number of nitrogens with zero attached hydrogens (tertiary/aromatic N) is 2. The molecule has 5 heteroatoms. The molecule has 0 aromatic heterocycles. The number of methoxy groups -OCH3 is 1. The first kappa shape index (κ1) is 14.9. The second kappa shape index (κ2) is 6.42. The molecule has 3 rings (SSSR count). The van der Waals surface area contributed by atoms with Crippen LogP contribution in [0.5, 0.6) is 11.5 Å². The molecule has 0 spiro atoms. The largest absolute Gasteiger partial charge is 0.503 e. The Hall–Kier alpha value is -0.970. The number of benzene rings is 1. The van der Waals surface area contributed by atoms with E-state index in [9.17, 15) is 5.11 Å². The maximum Gasteiger partial charge on any atom is 0.176 e. The van der Waals surface area contributed by atoms with Gasteiger partial charge in [-0.2, -0.15) is 0 Å². The number of likely N-dealkylation sites (tertiary alicyclic amines) is 2. The number of rotatable bonds is 4. The van der Waals surface area contributed by atoms with Crippen molar-refractivity contribution in [1.29, 1.82) is 0 Å². The number of aromatic hydroxyl groups is 1. The predicted molar refractivity (Wildman–Crippen MR) is 84.2 cm³/mol. The summed E-state index contributed by atoms with van der Waals surface area (Å²) in [6, 6.07) is 4.43. The fourth-order valence-corrected chi connectivity index (χ4v) is 3.73. The number of halogens is 1. The molecule has 1 aromatic carbocycles. The average Bonchev–Trinajstić information content (AvgIpc) is 3.13. The van der Waals surface area contributed by atoms with Crippen molar-refractivity contribution >= 4 is 11.6 Å². The molecule has 4 nitrogen and oxygen atoms in total. The van der Waals surface area contributed by atoms with Crippen LogP contribution >= 0.6 is 11.6 Å². The number of ether oxygens (including phenoxy) is 1. The van der Waals surface area contributed by atoms with Crippen molar-refractivity contribution in [3.8, 4) is 11.5 Å². The molecule has 0 bridgehead atoms. The van der Waals surface area contributed by atoms with Gasteiger partial charge in [-0.05, 0) is 50.0 Å². The van der Waals surface area contributed by atoms with Crippen molar-refractivity contribution in [2.24, 2.45) is 0 Å². The van der Waals surface area contributed by atoms with Gasteiger partial charge in [0.1, 0.15) is 0 Å². The molecule has 0 aliphatic carbocycles. The molecule has 2 saturated heterocycles. The Morgan fingerprint density at radius 2 is 2.05 bits per heavy atom. The van der Waals surface area contributed by atoms with Crippen LogP contribution in [0.1, 0.15) is 24.8 Å². The van der Waals surface area contributed by atoms with E-state index in [-0.39, 0.29) is 5.75 Å². The second-order valence-corrected chi connectivity index (χ2v) is 6.46. The first-order valence-corrected chi connectivity index (χ1v) is 8.07. The van der Waals surface area contributed by atoms with E-state index in [1.807, 2.05) is 12.1 Å². The minimum absolute atomic E-state index is 0.0271. The number of hydrogen-bond acceptors (Lipinski definition) is 4. The van der Waals surface area contributed by atoms with Gasteiger partial charge in [0.15, 0.2) is 11.5 Å². The maximum absolute atomic E-state index is 9.79. The Labute approximate surface area is 131 Å². The van der Waals surface area contributed by atoms with Crippen molar-refractivity contribution in [3.05, 3.63) is 22.7 Å². The Bertz CT molecular complexity index is 503. The van der Waals surface area contributed by atoms with Crippen LogP contribution in [0.15, 0.2) is 12.1 Å². The number of hydrogen-bond donors (Lipinski definition) is 1. The van der Waals surface area contributed by atoms with E-state index >= 15 is 0 Å². The molecule has 2 heterocycles. The van der Waals surface area contributed by atoms with Gasteiger partial charge in [-0.3, -0.25) is 9.80 Å². The Kier molecular flexibility index (Phi) is 4.57. The number of phenols is 1. The van der Waals surface area contributed by atoms with Gasteiger partial charge in [0.25, 0.3) is 0 Å². The molecule has 0 amide bonds. The van der Waals surface area contributed by atoms with Gasteiger partial charge in [0, 0.05) is 25.7 Å². The van der Waals surface area contributed by atoms with E-state index < -0.39 is 0 Å². The van der Waals surface area contributed by atoms with E-state index in [0.717, 1.165) is 25.2 Å². The van der Waals surface area contributed by atoms with E-state index in [1.165, 1.54) is 32.4 Å². The highest BCUT2D eigenvalue weighted by molar-refractivity contribution is 6.32. The van der Waals surface area contributed by atoms with Crippen molar-refractivity contribution in [1.82, 2.24) is 9.80 Å². The third kappa shape index (κ3) is 3.28. The molecule has 116 valence electrons. The van der Waals surface area contributed by atoms with Gasteiger partial charge in [-0.15, -0.1) is 0 Å². The summed E-state index contributed by atoms with van der Waals surface area (Å²) in [6.45, 7) is 5.64. The lowest BCUT2D eigenvalue weighted by molar-refractivity contribution is 0.230. The van der Waals surface area contributed by atoms with E-state index in [2.05, 4.69) is 9.80 Å². The molecular formula is C16H23ClN2O2. The van der Waals surface area contributed by atoms with Gasteiger partial charge in [-0.25, -0.2) is 0 Å². The van der Waals surface area contributed by atoms with Gasteiger partial charge < -0.3 is 9.84 Å². The third-order valence-electron chi connectivity index (χ3n) is 4.62. The zero-order valence-corrected chi connectivity index (χ0v) is 13.3. The topological polar surface area (TPSA) is 35.9 Å². The summed E-state index contributed by atoms with van der Waals surface area (Å²) in [6.07, 6.45) is 3.95. The van der Waals surface area contributed by atoms with Crippen LogP contribution in [0.25, 0.3) is 0 Å². The summed E-state index contributed by atoms with van der Waals surface area (Å²) in [5, 5.41) is 10.2. The van der Waals surface area contributed by atoms with Crippen LogP contribution in [0, 0.1) is 0 Å². The molecule has 2 aliphatic heterocycles. The minimum Gasteiger partial charge on any atom is -0.503 e. The summed E-state index contributed by atoms with van der Waals surface area (Å²) in [5.41, 5.74) is 1.09. The summed E-state index contributed by atoms with van der Waals surface area (Å²) in [7, 11) is 1.55. The van der Waals surface area contributed by atoms with Crippen molar-refractivity contribution < 1.29 is 9.84 Å². The quantitative estimate of drug-likeness (QED) is 0.927. The van der Waals surface area contributed by atoms with Crippen LogP contribution in [-0.2, 0) is 6.54 Å². The highest BCUT2D eigenvalue weighted by Crippen LogP contribution is 2.35. The zero-order chi connectivity index (χ0) is 14.8. The van der Waals surface area contributed by atoms with E-state index in [0.29, 0.717) is 16.8 Å². The third-order valence-corrected chi connectivity index (χ3v) is 4.91. The Morgan fingerprint density at radius 3 is 2.76 bits per heavy atom. The van der Waals surface area contributed by atoms with Gasteiger partial charge in [-0.1, -0.05) is 11.6 Å². The van der Waals surface area contributed by atoms with E-state index in [4.69, 9.17) is 16.3 Å². The van der Waals surface area contributed by atoms with Crippen LogP contribution in [0.2, 0.25) is 5.02 Å². The maximum atomic E-state index is 9.79. The SMILES string of the molecule is COc1cc(CN2CCC(N3CCCC3)C2)cc(Cl)c1O. The monoisotopic (exact) mass is 310 g/mol. The van der Waals surface area contributed by atoms with Gasteiger partial charge in [0.05, 0.1) is 12.1 Å². The fraction of sp³-hybridized carbons (Fsp3) is 0.625. The van der Waals surface area contributed by atoms with Crippen molar-refractivity contribution in [2.45, 2.75) is 31.8 Å². The highest BCUT2D eigenvalue weighted by Gasteiger charge is 2.29. The molecule has 0 saturated carbocycles. The smallest absolute Gasteiger partial charge is 0.176 e. The average molecular weight is 311 g/mol. The summed E-state index contributed by atoms with van der Waals surface area (Å²) >= 11 is 6.06. The Morgan fingerprint density at radius 1 is 1.29 bits per heavy atom. The first-order chi connectivity index (χ1) is 10.2. The second-order valence-electron chi connectivity index (χ2n) is 6.05. The van der Waals surface area contributed by atoms with E-state index in [1.54, 1.807) is 7.11 Å². The lowest BCUT2D eigenvalue weighted by Gasteiger charge is -2.23. The molecule has 1 N–H and O–H groups in total. The highest BCUT2D eigenvalue weighted by atomic mass is 35.5. The van der Waals surface area contributed by atoms with Crippen LogP contribution in [0.4, 0.5) is 0 Å². The van der Waals surface area contributed by atoms with Gasteiger partial charge >= 0.3 is 0 Å². The molecule has 0 radical (unpaired) electrons. The lowest BCUT2D eigenvalue weighted by atomic mass is 10.2. The number of phenolic OH excluding ortho intramolecular Hbond substituents is 1. The first-order valence-electron chi connectivity index (χ1n) is 7.69. The molecule has 2 fully saturated rings. The molecular weight excluding hydrogens is 288 g/mol. The predicted octanol–water partition coefficient (Wildman–Crippen LogP) is 2.72. The molecule has 1 aromatic rings. The lowest BCUT2D eigenvalue weighted by Crippen LogP contribution is -2.35. The minimum atomic E-state index is 0.0271. The van der Waals surface area contributed by atoms with Gasteiger partial charge in [0.2, 0.25) is 0 Å². The van der Waals surface area contributed by atoms with Crippen LogP contribution < -0.4 is 4.74 Å². The zero-order valence-electron chi connectivity index (χ0n) is 12.5. The molecule has 1 unspecified atom stereocenters.